The van der Waals surface area contributed by atoms with Gasteiger partial charge < -0.3 is 24.0 Å². The van der Waals surface area contributed by atoms with Crippen molar-refractivity contribution in [3.05, 3.63) is 119 Å². The van der Waals surface area contributed by atoms with Crippen LogP contribution < -0.4 is 9.64 Å². The molecule has 5 aromatic rings. The van der Waals surface area contributed by atoms with Gasteiger partial charge in [-0.25, -0.2) is 14.4 Å². The average Bonchev–Trinajstić information content (AvgIpc) is 3.46. The number of fused-ring (bicyclic) bond motifs is 1. The van der Waals surface area contributed by atoms with Gasteiger partial charge in [0.15, 0.2) is 0 Å². The predicted molar refractivity (Wildman–Crippen MR) is 194 cm³/mol. The summed E-state index contributed by atoms with van der Waals surface area (Å²) in [7, 11) is 1.80. The Morgan fingerprint density at radius 1 is 0.962 bits per heavy atom. The fourth-order valence-corrected chi connectivity index (χ4v) is 7.05. The van der Waals surface area contributed by atoms with E-state index in [9.17, 15) is 14.7 Å². The van der Waals surface area contributed by atoms with Gasteiger partial charge in [0.25, 0.3) is 11.8 Å². The molecule has 12 heteroatoms. The van der Waals surface area contributed by atoms with Crippen LogP contribution in [0.1, 0.15) is 44.5 Å². The number of aromatic hydroxyl groups is 1. The van der Waals surface area contributed by atoms with Gasteiger partial charge in [-0.05, 0) is 79.9 Å². The fraction of sp³-hybridized carbons (Fsp3) is 0.300. The minimum Gasteiger partial charge on any atom is -0.508 e. The number of hydrogen-bond donors (Lipinski definition) is 1. The van der Waals surface area contributed by atoms with Crippen LogP contribution in [0.15, 0.2) is 85.2 Å². The van der Waals surface area contributed by atoms with Crippen LogP contribution in [0.25, 0.3) is 11.3 Å². The van der Waals surface area contributed by atoms with Gasteiger partial charge in [-0.2, -0.15) is 0 Å². The third-order valence-electron chi connectivity index (χ3n) is 9.90. The van der Waals surface area contributed by atoms with Gasteiger partial charge in [-0.1, -0.05) is 24.3 Å². The van der Waals surface area contributed by atoms with Gasteiger partial charge in [0, 0.05) is 67.5 Å². The zero-order valence-corrected chi connectivity index (χ0v) is 29.5. The van der Waals surface area contributed by atoms with Crippen LogP contribution in [0.2, 0.25) is 0 Å². The van der Waals surface area contributed by atoms with Crippen LogP contribution in [-0.4, -0.2) is 86.8 Å². The number of amides is 2. The van der Waals surface area contributed by atoms with Gasteiger partial charge in [0.2, 0.25) is 0 Å². The van der Waals surface area contributed by atoms with Crippen molar-refractivity contribution in [1.82, 2.24) is 24.3 Å². The lowest BCUT2D eigenvalue weighted by Gasteiger charge is -2.40. The number of anilines is 2. The van der Waals surface area contributed by atoms with E-state index in [0.717, 1.165) is 18.7 Å². The molecule has 268 valence electrons. The summed E-state index contributed by atoms with van der Waals surface area (Å²) in [4.78, 5) is 43.5. The van der Waals surface area contributed by atoms with Crippen molar-refractivity contribution in [1.29, 1.82) is 0 Å². The number of phenolic OH excluding ortho intramolecular Hbond substituents is 1. The van der Waals surface area contributed by atoms with E-state index in [0.29, 0.717) is 78.8 Å². The molecule has 2 aliphatic rings. The van der Waals surface area contributed by atoms with E-state index in [1.54, 1.807) is 42.8 Å². The highest BCUT2D eigenvalue weighted by molar-refractivity contribution is 6.12. The second-order valence-corrected chi connectivity index (χ2v) is 13.1. The standard InChI is InChI=1S/C40H41FN6O5/c1-4-52-40-42-22-32(23-43-40)47(30-10-12-33(48)13-11-30)39(50)35-21-37(44(3)26(35)2)36-20-29(41)9-14-34(36)38(49)46-24-28-8-6-5-7-27(28)19-31(46)25-45-15-17-51-18-16-45/h5-14,20-23,31,48H,4,15-19,24-25H2,1-3H3/t31-/m0/s1. The summed E-state index contributed by atoms with van der Waals surface area (Å²) < 4.78 is 27.9. The molecule has 0 aliphatic carbocycles. The Hall–Kier alpha value is -5.59. The van der Waals surface area contributed by atoms with Crippen LogP contribution in [0, 0.1) is 12.7 Å². The number of halogens is 1. The van der Waals surface area contributed by atoms with Crippen molar-refractivity contribution in [2.75, 3.05) is 44.4 Å². The molecular formula is C40H41FN6O5. The van der Waals surface area contributed by atoms with Crippen LogP contribution in [0.4, 0.5) is 15.8 Å². The molecule has 0 saturated carbocycles. The zero-order valence-electron chi connectivity index (χ0n) is 29.5. The van der Waals surface area contributed by atoms with Crippen LogP contribution in [0.3, 0.4) is 0 Å². The SMILES string of the molecule is CCOc1ncc(N(C(=O)c2cc(-c3cc(F)ccc3C(=O)N3Cc4ccccc4C[C@H]3CN3CCOCC3)n(C)c2C)c2ccc(O)cc2)cn1. The van der Waals surface area contributed by atoms with Gasteiger partial charge in [-0.3, -0.25) is 19.4 Å². The van der Waals surface area contributed by atoms with E-state index in [1.165, 1.54) is 47.1 Å². The summed E-state index contributed by atoms with van der Waals surface area (Å²) in [6.07, 6.45) is 3.70. The minimum absolute atomic E-state index is 0.0462. The first-order chi connectivity index (χ1) is 25.2. The third-order valence-corrected chi connectivity index (χ3v) is 9.90. The van der Waals surface area contributed by atoms with Crippen LogP contribution in [-0.2, 0) is 24.8 Å². The Morgan fingerprint density at radius 2 is 1.67 bits per heavy atom. The van der Waals surface area contributed by atoms with Gasteiger partial charge in [-0.15, -0.1) is 0 Å². The maximum absolute atomic E-state index is 15.1. The van der Waals surface area contributed by atoms with Gasteiger partial charge >= 0.3 is 6.01 Å². The molecule has 4 heterocycles. The van der Waals surface area contributed by atoms with Crippen molar-refractivity contribution >= 4 is 23.2 Å². The van der Waals surface area contributed by atoms with Gasteiger partial charge in [0.1, 0.15) is 11.6 Å². The van der Waals surface area contributed by atoms with E-state index < -0.39 is 11.7 Å². The molecule has 0 bridgehead atoms. The van der Waals surface area contributed by atoms with Crippen LogP contribution in [0.5, 0.6) is 11.8 Å². The second-order valence-electron chi connectivity index (χ2n) is 13.1. The minimum atomic E-state index is -0.496. The molecule has 1 fully saturated rings. The lowest BCUT2D eigenvalue weighted by molar-refractivity contribution is 0.0193. The normalized spacial score (nSPS) is 16.0. The molecule has 1 atom stereocenters. The summed E-state index contributed by atoms with van der Waals surface area (Å²) in [6.45, 7) is 8.05. The monoisotopic (exact) mass is 704 g/mol. The lowest BCUT2D eigenvalue weighted by Crippen LogP contribution is -2.52. The number of benzene rings is 3. The summed E-state index contributed by atoms with van der Waals surface area (Å²) >= 11 is 0. The van der Waals surface area contributed by atoms with Gasteiger partial charge in [0.05, 0.1) is 43.5 Å². The highest BCUT2D eigenvalue weighted by atomic mass is 19.1. The smallest absolute Gasteiger partial charge is 0.316 e. The van der Waals surface area contributed by atoms with E-state index in [4.69, 9.17) is 9.47 Å². The Morgan fingerprint density at radius 3 is 2.38 bits per heavy atom. The van der Waals surface area contributed by atoms with Crippen molar-refractivity contribution < 1.29 is 28.6 Å². The van der Waals surface area contributed by atoms with E-state index in [1.807, 2.05) is 24.0 Å². The maximum atomic E-state index is 15.1. The largest absolute Gasteiger partial charge is 0.508 e. The Kier molecular flexibility index (Phi) is 10.0. The van der Waals surface area contributed by atoms with Crippen molar-refractivity contribution in [2.24, 2.45) is 7.05 Å². The molecule has 3 aromatic carbocycles. The molecule has 2 aliphatic heterocycles. The second kappa shape index (κ2) is 14.9. The van der Waals surface area contributed by atoms with E-state index in [2.05, 4.69) is 27.0 Å². The maximum Gasteiger partial charge on any atom is 0.316 e. The number of morpholine rings is 1. The highest BCUT2D eigenvalue weighted by Crippen LogP contribution is 2.35. The first-order valence-electron chi connectivity index (χ1n) is 17.4. The summed E-state index contributed by atoms with van der Waals surface area (Å²) in [5.41, 5.74) is 5.35. The lowest BCUT2D eigenvalue weighted by atomic mass is 9.92. The number of rotatable bonds is 9. The highest BCUT2D eigenvalue weighted by Gasteiger charge is 2.34. The van der Waals surface area contributed by atoms with E-state index >= 15 is 4.39 Å². The van der Waals surface area contributed by atoms with Crippen molar-refractivity contribution in [3.8, 4) is 23.0 Å². The summed E-state index contributed by atoms with van der Waals surface area (Å²) in [5, 5.41) is 9.99. The molecular weight excluding hydrogens is 663 g/mol. The first-order valence-corrected chi connectivity index (χ1v) is 17.4. The molecule has 2 amide bonds. The Balaban J connectivity index is 1.27. The topological polar surface area (TPSA) is 113 Å². The number of hydrogen-bond acceptors (Lipinski definition) is 8. The molecule has 0 unspecified atom stereocenters. The molecule has 11 nitrogen and oxygen atoms in total. The molecule has 52 heavy (non-hydrogen) atoms. The summed E-state index contributed by atoms with van der Waals surface area (Å²) in [6, 6.07) is 20.4. The summed E-state index contributed by atoms with van der Waals surface area (Å²) in [5.74, 6) is -1.05. The number of aromatic nitrogens is 3. The Labute approximate surface area is 301 Å². The zero-order chi connectivity index (χ0) is 36.4. The first kappa shape index (κ1) is 34.8. The number of carbonyl (C=O) groups excluding carboxylic acids is 2. The quantitative estimate of drug-likeness (QED) is 0.202. The average molecular weight is 705 g/mol. The predicted octanol–water partition coefficient (Wildman–Crippen LogP) is 5.91. The number of nitrogens with zero attached hydrogens (tertiary/aromatic N) is 6. The molecule has 7 rings (SSSR count). The Bertz CT molecular complexity index is 2080. The molecule has 0 spiro atoms. The molecule has 1 N–H and O–H groups in total. The van der Waals surface area contributed by atoms with Crippen molar-refractivity contribution in [2.45, 2.75) is 32.9 Å². The fourth-order valence-electron chi connectivity index (χ4n) is 7.05. The number of carbonyl (C=O) groups is 2. The molecule has 2 aromatic heterocycles. The van der Waals surface area contributed by atoms with Crippen LogP contribution >= 0.6 is 0 Å². The van der Waals surface area contributed by atoms with E-state index in [-0.39, 0.29) is 23.7 Å². The third kappa shape index (κ3) is 6.99. The van der Waals surface area contributed by atoms with Crippen molar-refractivity contribution in [3.63, 3.8) is 0 Å². The number of ether oxygens (including phenoxy) is 2. The number of phenols is 1. The molecule has 0 radical (unpaired) electrons. The molecule has 1 saturated heterocycles.